The Morgan fingerprint density at radius 1 is 1.12 bits per heavy atom. The number of rotatable bonds is 8. The zero-order valence-electron chi connectivity index (χ0n) is 13.0. The molecule has 1 aromatic carbocycles. The highest BCUT2D eigenvalue weighted by molar-refractivity contribution is 7.86. The van der Waals surface area contributed by atoms with E-state index in [1.54, 1.807) is 0 Å². The Labute approximate surface area is 139 Å². The fraction of sp³-hybridized carbons (Fsp3) is 0.333. The standard InChI is InChI=1S/C15H17N2O6S/c1-21-7-8-22-9-10-23-24(19,20)14-4-2-3-12-11(14)5-6-13(17-16)15(12)18/h2-6,16H,7-10H2,1H3/q+1. The molecule has 1 N–H and O–H groups in total. The van der Waals surface area contributed by atoms with Crippen LogP contribution in [0.2, 0.25) is 0 Å². The second-order valence-corrected chi connectivity index (χ2v) is 6.34. The van der Waals surface area contributed by atoms with E-state index in [9.17, 15) is 13.2 Å². The van der Waals surface area contributed by atoms with Gasteiger partial charge in [-0.05, 0) is 12.1 Å². The number of nitrogens with one attached hydrogen (secondary N) is 1. The van der Waals surface area contributed by atoms with Gasteiger partial charge >= 0.3 is 5.71 Å². The SMILES string of the molecule is COCCOCCOS(=O)(=O)c1cccc2c1C=CC(=[N+]=N)C2=O. The van der Waals surface area contributed by atoms with Gasteiger partial charge in [0.1, 0.15) is 4.90 Å². The van der Waals surface area contributed by atoms with Gasteiger partial charge < -0.3 is 9.47 Å². The Balaban J connectivity index is 2.16. The minimum absolute atomic E-state index is 0.0514. The van der Waals surface area contributed by atoms with Crippen molar-refractivity contribution in [2.45, 2.75) is 4.90 Å². The Bertz CT molecular complexity index is 809. The molecule has 0 aliphatic heterocycles. The van der Waals surface area contributed by atoms with Crippen LogP contribution in [0.25, 0.3) is 6.08 Å². The molecular weight excluding hydrogens is 336 g/mol. The van der Waals surface area contributed by atoms with E-state index in [1.807, 2.05) is 0 Å². The number of carbonyl (C=O) groups is 1. The van der Waals surface area contributed by atoms with Crippen molar-refractivity contribution in [2.75, 3.05) is 33.5 Å². The van der Waals surface area contributed by atoms with Crippen molar-refractivity contribution in [3.63, 3.8) is 0 Å². The molecule has 0 saturated heterocycles. The van der Waals surface area contributed by atoms with Gasteiger partial charge in [0.15, 0.2) is 0 Å². The predicted octanol–water partition coefficient (Wildman–Crippen LogP) is 0.945. The van der Waals surface area contributed by atoms with Crippen LogP contribution in [0, 0.1) is 5.53 Å². The van der Waals surface area contributed by atoms with Crippen molar-refractivity contribution in [3.8, 4) is 0 Å². The van der Waals surface area contributed by atoms with Crippen LogP contribution in [-0.4, -0.2) is 58.2 Å². The first kappa shape index (κ1) is 18.2. The first-order valence-corrected chi connectivity index (χ1v) is 8.48. The summed E-state index contributed by atoms with van der Waals surface area (Å²) in [7, 11) is -2.51. The molecule has 0 atom stereocenters. The molecule has 9 heteroatoms. The molecule has 0 heterocycles. The Hall–Kier alpha value is -2.16. The zero-order valence-corrected chi connectivity index (χ0v) is 13.8. The van der Waals surface area contributed by atoms with E-state index in [0.29, 0.717) is 13.2 Å². The third-order valence-electron chi connectivity index (χ3n) is 3.24. The molecule has 0 spiro atoms. The molecule has 0 radical (unpaired) electrons. The number of benzene rings is 1. The maximum absolute atomic E-state index is 12.3. The van der Waals surface area contributed by atoms with Crippen molar-refractivity contribution in [1.82, 2.24) is 0 Å². The molecule has 1 aliphatic carbocycles. The molecule has 0 saturated carbocycles. The first-order chi connectivity index (χ1) is 11.5. The number of allylic oxidation sites excluding steroid dienone is 1. The van der Waals surface area contributed by atoms with Crippen molar-refractivity contribution < 1.29 is 31.7 Å². The lowest BCUT2D eigenvalue weighted by atomic mass is 9.95. The minimum Gasteiger partial charge on any atom is -0.382 e. The highest BCUT2D eigenvalue weighted by atomic mass is 32.2. The Morgan fingerprint density at radius 2 is 1.88 bits per heavy atom. The van der Waals surface area contributed by atoms with Crippen LogP contribution in [0.15, 0.2) is 29.2 Å². The molecule has 128 valence electrons. The van der Waals surface area contributed by atoms with Gasteiger partial charge in [0, 0.05) is 24.3 Å². The van der Waals surface area contributed by atoms with Crippen molar-refractivity contribution >= 4 is 27.7 Å². The number of methoxy groups -OCH3 is 1. The van der Waals surface area contributed by atoms with Gasteiger partial charge in [-0.15, -0.1) is 0 Å². The number of fused-ring (bicyclic) bond motifs is 1. The van der Waals surface area contributed by atoms with Gasteiger partial charge in [-0.1, -0.05) is 12.1 Å². The normalized spacial score (nSPS) is 13.7. The van der Waals surface area contributed by atoms with Crippen molar-refractivity contribution in [3.05, 3.63) is 35.4 Å². The molecule has 1 aromatic rings. The summed E-state index contributed by atoms with van der Waals surface area (Å²) in [6.07, 6.45) is 2.75. The number of ketones is 1. The summed E-state index contributed by atoms with van der Waals surface area (Å²) in [5.74, 6) is -0.498. The van der Waals surface area contributed by atoms with E-state index < -0.39 is 15.9 Å². The summed E-state index contributed by atoms with van der Waals surface area (Å²) in [5.41, 5.74) is 7.31. The Kier molecular flexibility index (Phi) is 6.13. The molecular formula is C15H17N2O6S+. The summed E-state index contributed by atoms with van der Waals surface area (Å²) >= 11 is 0. The van der Waals surface area contributed by atoms with E-state index >= 15 is 0 Å². The van der Waals surface area contributed by atoms with E-state index in [2.05, 4.69) is 4.79 Å². The molecule has 0 amide bonds. The molecule has 0 bridgehead atoms. The lowest BCUT2D eigenvalue weighted by Gasteiger charge is -2.12. The number of ether oxygens (including phenoxy) is 2. The average molecular weight is 353 g/mol. The molecule has 0 unspecified atom stereocenters. The van der Waals surface area contributed by atoms with Crippen molar-refractivity contribution in [1.29, 1.82) is 5.53 Å². The van der Waals surface area contributed by atoms with Crippen LogP contribution >= 0.6 is 0 Å². The Morgan fingerprint density at radius 3 is 2.58 bits per heavy atom. The summed E-state index contributed by atoms with van der Waals surface area (Å²) in [5, 5.41) is 0. The third-order valence-corrected chi connectivity index (χ3v) is 4.61. The molecule has 8 nitrogen and oxygen atoms in total. The largest absolute Gasteiger partial charge is 0.412 e. The molecule has 2 rings (SSSR count). The van der Waals surface area contributed by atoms with Crippen LogP contribution in [-0.2, 0) is 23.8 Å². The third kappa shape index (κ3) is 4.02. The maximum Gasteiger partial charge on any atom is 0.412 e. The van der Waals surface area contributed by atoms with Gasteiger partial charge in [-0.2, -0.15) is 8.42 Å². The number of hydrogen-bond donors (Lipinski definition) is 1. The topological polar surface area (TPSA) is 117 Å². The lowest BCUT2D eigenvalue weighted by molar-refractivity contribution is -0.117. The smallest absolute Gasteiger partial charge is 0.382 e. The fourth-order valence-corrected chi connectivity index (χ4v) is 3.21. The maximum atomic E-state index is 12.3. The van der Waals surface area contributed by atoms with Gasteiger partial charge in [-0.25, -0.2) is 0 Å². The van der Waals surface area contributed by atoms with Gasteiger partial charge in [0.25, 0.3) is 15.9 Å². The summed E-state index contributed by atoms with van der Waals surface area (Å²) < 4.78 is 39.6. The summed E-state index contributed by atoms with van der Waals surface area (Å²) in [6, 6.07) is 4.29. The van der Waals surface area contributed by atoms with Crippen LogP contribution in [0.3, 0.4) is 0 Å². The predicted molar refractivity (Wildman–Crippen MR) is 83.6 cm³/mol. The van der Waals surface area contributed by atoms with Crippen LogP contribution in [0.1, 0.15) is 15.9 Å². The second kappa shape index (κ2) is 8.09. The van der Waals surface area contributed by atoms with Crippen LogP contribution in [0.4, 0.5) is 0 Å². The molecule has 0 fully saturated rings. The fourth-order valence-electron chi connectivity index (χ4n) is 2.11. The summed E-state index contributed by atoms with van der Waals surface area (Å²) in [6.45, 7) is 0.702. The number of Topliss-reactive ketones (excluding diaryl/α,β-unsaturated/α-hetero) is 1. The second-order valence-electron chi connectivity index (χ2n) is 4.76. The average Bonchev–Trinajstić information content (AvgIpc) is 2.58. The molecule has 0 aromatic heterocycles. The van der Waals surface area contributed by atoms with E-state index in [0.717, 1.165) is 0 Å². The van der Waals surface area contributed by atoms with E-state index in [-0.39, 0.29) is 34.9 Å². The number of carbonyl (C=O) groups excluding carboxylic acids is 1. The molecule has 24 heavy (non-hydrogen) atoms. The lowest BCUT2D eigenvalue weighted by Crippen LogP contribution is -2.20. The first-order valence-electron chi connectivity index (χ1n) is 7.07. The zero-order chi connectivity index (χ0) is 17.6. The summed E-state index contributed by atoms with van der Waals surface area (Å²) in [4.78, 5) is 15.1. The van der Waals surface area contributed by atoms with Crippen molar-refractivity contribution in [2.24, 2.45) is 0 Å². The van der Waals surface area contributed by atoms with Crippen LogP contribution < -0.4 is 0 Å². The number of hydrogen-bond acceptors (Lipinski definition) is 7. The molecule has 1 aliphatic rings. The van der Waals surface area contributed by atoms with Gasteiger partial charge in [0.05, 0.1) is 36.7 Å². The van der Waals surface area contributed by atoms with E-state index in [4.69, 9.17) is 19.2 Å². The highest BCUT2D eigenvalue weighted by Crippen LogP contribution is 2.26. The van der Waals surface area contributed by atoms with Gasteiger partial charge in [0.2, 0.25) is 0 Å². The number of nitrogens with zero attached hydrogens (tertiary/aromatic N) is 1. The van der Waals surface area contributed by atoms with Gasteiger partial charge in [-0.3, -0.25) is 8.98 Å². The minimum atomic E-state index is -4.04. The van der Waals surface area contributed by atoms with Crippen LogP contribution in [0.5, 0.6) is 0 Å². The van der Waals surface area contributed by atoms with E-state index in [1.165, 1.54) is 37.5 Å². The quantitative estimate of drug-likeness (QED) is 0.322. The highest BCUT2D eigenvalue weighted by Gasteiger charge is 2.31. The monoisotopic (exact) mass is 353 g/mol.